The Balaban J connectivity index is 2.24. The maximum Gasteiger partial charge on any atom is 0.407 e. The van der Waals surface area contributed by atoms with Gasteiger partial charge in [0.2, 0.25) is 11.6 Å². The fourth-order valence-electron chi connectivity index (χ4n) is 3.50. The van der Waals surface area contributed by atoms with Crippen molar-refractivity contribution >= 4 is 23.5 Å². The summed E-state index contributed by atoms with van der Waals surface area (Å²) in [7, 11) is 0. The third-order valence-corrected chi connectivity index (χ3v) is 5.07. The van der Waals surface area contributed by atoms with Crippen LogP contribution in [0, 0.1) is 11.8 Å². The van der Waals surface area contributed by atoms with Gasteiger partial charge in [0.05, 0.1) is 11.1 Å². The summed E-state index contributed by atoms with van der Waals surface area (Å²) in [6.07, 6.45) is 5.48. The summed E-state index contributed by atoms with van der Waals surface area (Å²) in [4.78, 5) is 20.7. The molecular weight excluding hydrogens is 432 g/mol. The van der Waals surface area contributed by atoms with Crippen LogP contribution in [0.15, 0.2) is 6.20 Å². The highest BCUT2D eigenvalue weighted by molar-refractivity contribution is 6.28. The number of ether oxygens (including phenoxy) is 3. The summed E-state index contributed by atoms with van der Waals surface area (Å²) in [6.45, 7) is 10.7. The van der Waals surface area contributed by atoms with Crippen molar-refractivity contribution in [1.82, 2.24) is 15.3 Å². The van der Waals surface area contributed by atoms with Crippen molar-refractivity contribution in [3.63, 3.8) is 0 Å². The molecule has 1 aliphatic rings. The van der Waals surface area contributed by atoms with Crippen LogP contribution in [0.3, 0.4) is 0 Å². The quantitative estimate of drug-likeness (QED) is 0.330. The lowest BCUT2D eigenvalue weighted by Crippen LogP contribution is -2.51. The summed E-state index contributed by atoms with van der Waals surface area (Å²) < 4.78 is 16.4. The van der Waals surface area contributed by atoms with Crippen molar-refractivity contribution in [2.75, 3.05) is 25.1 Å². The number of aromatic nitrogens is 2. The van der Waals surface area contributed by atoms with E-state index in [1.54, 1.807) is 6.20 Å². The fourth-order valence-corrected chi connectivity index (χ4v) is 3.63. The largest absolute Gasteiger partial charge is 0.444 e. The number of alkyl carbamates (subject to hydrolysis) is 1. The van der Waals surface area contributed by atoms with Crippen LogP contribution in [-0.4, -0.2) is 53.2 Å². The molecule has 8 nitrogen and oxygen atoms in total. The Morgan fingerprint density at radius 2 is 1.88 bits per heavy atom. The number of anilines is 1. The van der Waals surface area contributed by atoms with Gasteiger partial charge in [-0.25, -0.2) is 9.78 Å². The molecule has 0 radical (unpaired) electrons. The molecule has 1 amide bonds. The Morgan fingerprint density at radius 3 is 2.47 bits per heavy atom. The van der Waals surface area contributed by atoms with Crippen molar-refractivity contribution < 1.29 is 19.0 Å². The summed E-state index contributed by atoms with van der Waals surface area (Å²) in [5.74, 6) is 6.56. The number of halogens is 1. The maximum atomic E-state index is 12.3. The summed E-state index contributed by atoms with van der Waals surface area (Å²) in [6, 6.07) is 0. The molecule has 0 atom stereocenters. The van der Waals surface area contributed by atoms with Crippen molar-refractivity contribution in [3.8, 4) is 11.8 Å². The van der Waals surface area contributed by atoms with Gasteiger partial charge in [0, 0.05) is 26.0 Å². The van der Waals surface area contributed by atoms with Crippen molar-refractivity contribution in [3.05, 3.63) is 17.0 Å². The van der Waals surface area contributed by atoms with Crippen LogP contribution in [0.1, 0.15) is 72.3 Å². The fraction of sp³-hybridized carbons (Fsp3) is 0.696. The Labute approximate surface area is 196 Å². The molecule has 0 saturated heterocycles. The van der Waals surface area contributed by atoms with E-state index in [-0.39, 0.29) is 10.8 Å². The molecule has 1 heterocycles. The smallest absolute Gasteiger partial charge is 0.407 e. The second-order valence-corrected chi connectivity index (χ2v) is 9.07. The third-order valence-electron chi connectivity index (χ3n) is 4.88. The second kappa shape index (κ2) is 12.2. The number of carbonyl (C=O) groups is 1. The molecular formula is C23H35ClN4O4. The van der Waals surface area contributed by atoms with E-state index in [2.05, 4.69) is 32.4 Å². The molecule has 1 aromatic rings. The highest BCUT2D eigenvalue weighted by Gasteiger charge is 2.34. The lowest BCUT2D eigenvalue weighted by atomic mass is 9.81. The van der Waals surface area contributed by atoms with Gasteiger partial charge in [0.1, 0.15) is 11.4 Å². The zero-order valence-electron chi connectivity index (χ0n) is 19.7. The van der Waals surface area contributed by atoms with Crippen LogP contribution >= 0.6 is 11.6 Å². The summed E-state index contributed by atoms with van der Waals surface area (Å²) in [5.41, 5.74) is -0.360. The predicted molar refractivity (Wildman–Crippen MR) is 125 cm³/mol. The molecule has 2 N–H and O–H groups in total. The van der Waals surface area contributed by atoms with Gasteiger partial charge >= 0.3 is 6.09 Å². The predicted octanol–water partition coefficient (Wildman–Crippen LogP) is 4.52. The van der Waals surface area contributed by atoms with E-state index in [4.69, 9.17) is 25.8 Å². The van der Waals surface area contributed by atoms with E-state index >= 15 is 0 Å². The number of amides is 1. The van der Waals surface area contributed by atoms with Crippen LogP contribution < -0.4 is 10.6 Å². The number of nitrogens with zero attached hydrogens (tertiary/aromatic N) is 2. The molecule has 1 aliphatic carbocycles. The van der Waals surface area contributed by atoms with Crippen LogP contribution in [0.5, 0.6) is 0 Å². The van der Waals surface area contributed by atoms with Gasteiger partial charge in [0.15, 0.2) is 0 Å². The van der Waals surface area contributed by atoms with E-state index in [0.29, 0.717) is 31.1 Å². The van der Waals surface area contributed by atoms with Gasteiger partial charge in [-0.05, 0) is 65.0 Å². The van der Waals surface area contributed by atoms with Crippen LogP contribution in [0.2, 0.25) is 5.28 Å². The molecule has 0 spiro atoms. The van der Waals surface area contributed by atoms with Gasteiger partial charge in [-0.1, -0.05) is 25.2 Å². The highest BCUT2D eigenvalue weighted by atomic mass is 35.5. The second-order valence-electron chi connectivity index (χ2n) is 8.73. The number of nitrogens with one attached hydrogen (secondary N) is 2. The minimum absolute atomic E-state index is 0.121. The van der Waals surface area contributed by atoms with E-state index in [9.17, 15) is 4.79 Å². The standard InChI is InChI=1S/C23H35ClN4O4/c1-6-30-18(31-7-2)12-11-17-15-25-20(24)27-19(17)28-23(13-9-8-10-14-23)16-26-21(29)32-22(3,4)5/h15,18H,6-10,13-14,16H2,1-5H3,(H,26,29)(H,25,27,28). The van der Waals surface area contributed by atoms with Gasteiger partial charge in [0.25, 0.3) is 0 Å². The number of hydrogen-bond acceptors (Lipinski definition) is 7. The highest BCUT2D eigenvalue weighted by Crippen LogP contribution is 2.32. The first kappa shape index (κ1) is 26.2. The normalized spacial score (nSPS) is 15.6. The first-order valence-corrected chi connectivity index (χ1v) is 11.6. The van der Waals surface area contributed by atoms with Gasteiger partial charge in [-0.2, -0.15) is 4.98 Å². The minimum Gasteiger partial charge on any atom is -0.444 e. The average Bonchev–Trinajstić information content (AvgIpc) is 2.71. The molecule has 1 saturated carbocycles. The van der Waals surface area contributed by atoms with E-state index in [1.807, 2.05) is 34.6 Å². The summed E-state index contributed by atoms with van der Waals surface area (Å²) in [5, 5.41) is 6.55. The van der Waals surface area contributed by atoms with Crippen LogP contribution in [0.25, 0.3) is 0 Å². The molecule has 0 bridgehead atoms. The molecule has 1 aromatic heterocycles. The molecule has 1 fully saturated rings. The first-order valence-electron chi connectivity index (χ1n) is 11.2. The molecule has 9 heteroatoms. The van der Waals surface area contributed by atoms with Crippen molar-refractivity contribution in [2.24, 2.45) is 0 Å². The topological polar surface area (TPSA) is 94.6 Å². The maximum absolute atomic E-state index is 12.3. The van der Waals surface area contributed by atoms with Crippen molar-refractivity contribution in [2.45, 2.75) is 84.2 Å². The molecule has 0 aromatic carbocycles. The summed E-state index contributed by atoms with van der Waals surface area (Å²) >= 11 is 6.09. The zero-order chi connectivity index (χ0) is 23.6. The van der Waals surface area contributed by atoms with Crippen LogP contribution in [-0.2, 0) is 14.2 Å². The van der Waals surface area contributed by atoms with E-state index in [0.717, 1.165) is 32.1 Å². The SMILES string of the molecule is CCOC(C#Cc1cnc(Cl)nc1NC1(CNC(=O)OC(C)(C)C)CCCCC1)OCC. The lowest BCUT2D eigenvalue weighted by molar-refractivity contribution is -0.0969. The average molecular weight is 467 g/mol. The monoisotopic (exact) mass is 466 g/mol. The van der Waals surface area contributed by atoms with Gasteiger partial charge in [-0.15, -0.1) is 0 Å². The Kier molecular flexibility index (Phi) is 10.0. The minimum atomic E-state index is -0.633. The molecule has 178 valence electrons. The van der Waals surface area contributed by atoms with Crippen LogP contribution in [0.4, 0.5) is 10.6 Å². The number of carbonyl (C=O) groups excluding carboxylic acids is 1. The molecule has 2 rings (SSSR count). The number of hydrogen-bond donors (Lipinski definition) is 2. The first-order chi connectivity index (χ1) is 15.2. The Hall–Kier alpha value is -2.08. The van der Waals surface area contributed by atoms with Crippen molar-refractivity contribution in [1.29, 1.82) is 0 Å². The Morgan fingerprint density at radius 1 is 1.22 bits per heavy atom. The third kappa shape index (κ3) is 8.81. The Bertz CT molecular complexity index is 804. The van der Waals surface area contributed by atoms with E-state index < -0.39 is 18.0 Å². The number of rotatable bonds is 8. The van der Waals surface area contributed by atoms with Gasteiger partial charge in [-0.3, -0.25) is 0 Å². The molecule has 0 aliphatic heterocycles. The lowest BCUT2D eigenvalue weighted by Gasteiger charge is -2.39. The van der Waals surface area contributed by atoms with E-state index in [1.165, 1.54) is 0 Å². The zero-order valence-corrected chi connectivity index (χ0v) is 20.5. The molecule has 0 unspecified atom stereocenters. The molecule has 32 heavy (non-hydrogen) atoms. The van der Waals surface area contributed by atoms with Gasteiger partial charge < -0.3 is 24.8 Å².